The van der Waals surface area contributed by atoms with Crippen molar-refractivity contribution in [1.82, 2.24) is 4.90 Å². The van der Waals surface area contributed by atoms with E-state index in [1.54, 1.807) is 6.20 Å². The predicted octanol–water partition coefficient (Wildman–Crippen LogP) is -0.543. The van der Waals surface area contributed by atoms with E-state index in [9.17, 15) is 19.1 Å². The number of aliphatic hydroxyl groups is 1. The highest BCUT2D eigenvalue weighted by atomic mass is 31.2. The normalized spacial score (nSPS) is 30.3. The molecule has 0 aliphatic carbocycles. The summed E-state index contributed by atoms with van der Waals surface area (Å²) >= 11 is 0. The smallest absolute Gasteiger partial charge is 0.340 e. The number of nitrogens with two attached hydrogens (primary N) is 1. The molecule has 0 saturated carbocycles. The molecular formula is C11H19N3O8P2. The van der Waals surface area contributed by atoms with Crippen LogP contribution in [0.2, 0.25) is 0 Å². The Bertz CT molecular complexity index is 660. The molecule has 24 heavy (non-hydrogen) atoms. The van der Waals surface area contributed by atoms with E-state index in [0.717, 1.165) is 0 Å². The lowest BCUT2D eigenvalue weighted by molar-refractivity contribution is -0.0530. The second-order valence-electron chi connectivity index (χ2n) is 5.35. The van der Waals surface area contributed by atoms with Crippen LogP contribution in [0, 0.1) is 0 Å². The highest BCUT2D eigenvalue weighted by molar-refractivity contribution is 7.70. The fraction of sp³-hybridized carbons (Fsp3) is 0.545. The van der Waals surface area contributed by atoms with Crippen molar-refractivity contribution in [3.63, 3.8) is 0 Å². The molecule has 136 valence electrons. The van der Waals surface area contributed by atoms with Crippen LogP contribution in [0.3, 0.4) is 0 Å². The van der Waals surface area contributed by atoms with E-state index in [2.05, 4.69) is 16.1 Å². The van der Waals surface area contributed by atoms with Crippen molar-refractivity contribution < 1.29 is 38.2 Å². The van der Waals surface area contributed by atoms with Gasteiger partial charge < -0.3 is 39.7 Å². The maximum absolute atomic E-state index is 11.6. The Balaban J connectivity index is 1.93. The van der Waals surface area contributed by atoms with Crippen molar-refractivity contribution in [3.8, 4) is 0 Å². The Morgan fingerprint density at radius 2 is 2.12 bits per heavy atom. The van der Waals surface area contributed by atoms with Gasteiger partial charge in [0, 0.05) is 12.6 Å². The number of nitrogens with zero attached hydrogens (tertiary/aromatic N) is 2. The number of hydrogen-bond acceptors (Lipinski definition) is 8. The number of ether oxygens (including phenoxy) is 1. The minimum absolute atomic E-state index is 0.154. The van der Waals surface area contributed by atoms with Gasteiger partial charge in [-0.2, -0.15) is 0 Å². The quantitative estimate of drug-likeness (QED) is 0.374. The predicted molar refractivity (Wildman–Crippen MR) is 83.7 cm³/mol. The zero-order valence-corrected chi connectivity index (χ0v) is 14.3. The van der Waals surface area contributed by atoms with Gasteiger partial charge >= 0.3 is 15.2 Å². The maximum atomic E-state index is 11.6. The number of hydrogen-bond donors (Lipinski definition) is 5. The van der Waals surface area contributed by atoms with E-state index in [0.29, 0.717) is 5.82 Å². The number of amidine groups is 1. The van der Waals surface area contributed by atoms with Gasteiger partial charge in [0.1, 0.15) is 24.0 Å². The summed E-state index contributed by atoms with van der Waals surface area (Å²) in [4.78, 5) is 32.4. The van der Waals surface area contributed by atoms with Gasteiger partial charge in [0.15, 0.2) is 5.90 Å². The molecule has 13 heteroatoms. The largest absolute Gasteiger partial charge is 0.390 e. The van der Waals surface area contributed by atoms with Crippen LogP contribution in [-0.2, 0) is 18.4 Å². The summed E-state index contributed by atoms with van der Waals surface area (Å²) in [7, 11) is -9.21. The third kappa shape index (κ3) is 5.23. The molecule has 0 aromatic rings. The molecule has 0 bridgehead atoms. The second-order valence-corrected chi connectivity index (χ2v) is 9.34. The summed E-state index contributed by atoms with van der Waals surface area (Å²) in [5.41, 5.74) is 5.53. The van der Waals surface area contributed by atoms with Crippen LogP contribution in [-0.4, -0.2) is 61.5 Å². The Morgan fingerprint density at radius 1 is 1.46 bits per heavy atom. The van der Waals surface area contributed by atoms with Crippen molar-refractivity contribution in [2.45, 2.75) is 24.9 Å². The van der Waals surface area contributed by atoms with Gasteiger partial charge in [0.05, 0.1) is 12.7 Å². The first-order valence-electron chi connectivity index (χ1n) is 6.81. The molecule has 2 aliphatic heterocycles. The first kappa shape index (κ1) is 19.3. The Hall–Kier alpha value is -1.03. The monoisotopic (exact) mass is 383 g/mol. The van der Waals surface area contributed by atoms with Crippen LogP contribution in [0.15, 0.2) is 29.7 Å². The SMILES string of the molecule is C=C1N=C(N)C=CN1[C@H]1CC(O)[C@@H](COP(=O)(O)CP(=O)(O)O)O1. The molecule has 0 aromatic heterocycles. The lowest BCUT2D eigenvalue weighted by Gasteiger charge is -2.28. The molecule has 1 fully saturated rings. The molecule has 2 unspecified atom stereocenters. The van der Waals surface area contributed by atoms with E-state index in [1.807, 2.05) is 0 Å². The van der Waals surface area contributed by atoms with Crippen LogP contribution in [0.25, 0.3) is 0 Å². The Morgan fingerprint density at radius 3 is 2.71 bits per heavy atom. The summed E-state index contributed by atoms with van der Waals surface area (Å²) in [6, 6.07) is 0. The van der Waals surface area contributed by atoms with Crippen LogP contribution in [0.1, 0.15) is 6.42 Å². The van der Waals surface area contributed by atoms with Gasteiger partial charge in [-0.3, -0.25) is 9.13 Å². The van der Waals surface area contributed by atoms with Crippen molar-refractivity contribution in [2.24, 2.45) is 10.7 Å². The summed E-state index contributed by atoms with van der Waals surface area (Å²) < 4.78 is 32.6. The zero-order valence-electron chi connectivity index (χ0n) is 12.5. The average Bonchev–Trinajstić information content (AvgIpc) is 2.75. The van der Waals surface area contributed by atoms with E-state index >= 15 is 0 Å². The third-order valence-electron chi connectivity index (χ3n) is 3.28. The molecule has 2 heterocycles. The van der Waals surface area contributed by atoms with E-state index in [4.69, 9.17) is 20.3 Å². The van der Waals surface area contributed by atoms with E-state index in [-0.39, 0.29) is 12.3 Å². The molecule has 0 amide bonds. The molecule has 11 nitrogen and oxygen atoms in total. The fourth-order valence-electron chi connectivity index (χ4n) is 2.25. The minimum Gasteiger partial charge on any atom is -0.390 e. The lowest BCUT2D eigenvalue weighted by atomic mass is 10.2. The van der Waals surface area contributed by atoms with Crippen LogP contribution in [0.4, 0.5) is 0 Å². The number of aliphatic hydroxyl groups excluding tert-OH is 1. The van der Waals surface area contributed by atoms with Crippen LogP contribution >= 0.6 is 15.2 Å². The van der Waals surface area contributed by atoms with Crippen molar-refractivity contribution >= 4 is 21.0 Å². The third-order valence-corrected chi connectivity index (χ3v) is 6.74. The van der Waals surface area contributed by atoms with Crippen molar-refractivity contribution in [3.05, 3.63) is 24.7 Å². The fourth-order valence-corrected chi connectivity index (χ4v) is 4.82. The highest BCUT2D eigenvalue weighted by Gasteiger charge is 2.40. The average molecular weight is 383 g/mol. The molecule has 0 radical (unpaired) electrons. The maximum Gasteiger partial charge on any atom is 0.340 e. The number of aliphatic imine (C=N–C) groups is 1. The highest BCUT2D eigenvalue weighted by Crippen LogP contribution is 2.55. The zero-order chi connectivity index (χ0) is 18.1. The van der Waals surface area contributed by atoms with Gasteiger partial charge in [-0.1, -0.05) is 6.58 Å². The first-order valence-corrected chi connectivity index (χ1v) is 10.4. The topological polar surface area (TPSA) is 175 Å². The van der Waals surface area contributed by atoms with E-state index in [1.165, 1.54) is 11.0 Å². The van der Waals surface area contributed by atoms with Crippen molar-refractivity contribution in [2.75, 3.05) is 12.5 Å². The Kier molecular flexibility index (Phi) is 5.68. The van der Waals surface area contributed by atoms with Gasteiger partial charge in [0.25, 0.3) is 0 Å². The van der Waals surface area contributed by atoms with Gasteiger partial charge in [-0.05, 0) is 6.08 Å². The molecule has 0 spiro atoms. The second kappa shape index (κ2) is 7.07. The van der Waals surface area contributed by atoms with Crippen LogP contribution in [0.5, 0.6) is 0 Å². The van der Waals surface area contributed by atoms with Gasteiger partial charge in [-0.25, -0.2) is 4.99 Å². The van der Waals surface area contributed by atoms with Crippen molar-refractivity contribution in [1.29, 1.82) is 0 Å². The summed E-state index contributed by atoms with van der Waals surface area (Å²) in [5, 5.41) is 9.99. The molecule has 2 rings (SSSR count). The lowest BCUT2D eigenvalue weighted by Crippen LogP contribution is -2.33. The minimum atomic E-state index is -4.71. The van der Waals surface area contributed by atoms with Gasteiger partial charge in [0.2, 0.25) is 0 Å². The Labute approximate surface area is 137 Å². The molecular weight excluding hydrogens is 364 g/mol. The summed E-state index contributed by atoms with van der Waals surface area (Å²) in [5.74, 6) is -0.720. The first-order chi connectivity index (χ1) is 11.0. The molecule has 1 saturated heterocycles. The molecule has 2 aliphatic rings. The summed E-state index contributed by atoms with van der Waals surface area (Å²) in [6.45, 7) is 3.21. The molecule has 0 aromatic carbocycles. The molecule has 6 N–H and O–H groups in total. The standard InChI is InChI=1S/C11H19N3O8P2/c1-7-13-10(12)2-3-14(7)11-4-8(15)9(22-11)5-21-24(19,20)6-23(16,17)18/h2-3,8-9,11,15H,1,4-6H2,(H2,12,13)(H,19,20)(H2,16,17,18)/t8?,9-,11-/m1/s1. The van der Waals surface area contributed by atoms with Crippen LogP contribution < -0.4 is 5.73 Å². The molecule has 4 atom stereocenters. The van der Waals surface area contributed by atoms with E-state index < -0.39 is 46.1 Å². The number of rotatable bonds is 6. The van der Waals surface area contributed by atoms with Gasteiger partial charge in [-0.15, -0.1) is 0 Å². The summed E-state index contributed by atoms with van der Waals surface area (Å²) in [6.07, 6.45) is 0.674.